The molecule has 0 aromatic rings. The second kappa shape index (κ2) is 2.71. The lowest BCUT2D eigenvalue weighted by Crippen LogP contribution is -2.24. The first-order valence-corrected chi connectivity index (χ1v) is 5.58. The first kappa shape index (κ1) is 9.95. The molecule has 0 spiro atoms. The van der Waals surface area contributed by atoms with Crippen molar-refractivity contribution in [3.63, 3.8) is 0 Å². The number of fused-ring (bicyclic) bond motifs is 1. The number of carbonyl (C=O) groups excluding carboxylic acids is 1. The summed E-state index contributed by atoms with van der Waals surface area (Å²) in [6.45, 7) is 9.01. The van der Waals surface area contributed by atoms with Gasteiger partial charge in [0.15, 0.2) is 5.78 Å². The van der Waals surface area contributed by atoms with Crippen LogP contribution in [-0.4, -0.2) is 5.78 Å². The molecule has 2 rings (SSSR count). The molecule has 0 radical (unpaired) electrons. The van der Waals surface area contributed by atoms with E-state index in [1.807, 2.05) is 6.92 Å². The molecule has 1 unspecified atom stereocenters. The van der Waals surface area contributed by atoms with Crippen LogP contribution in [0.15, 0.2) is 11.1 Å². The van der Waals surface area contributed by atoms with Gasteiger partial charge in [-0.1, -0.05) is 26.3 Å². The molecule has 0 aromatic heterocycles. The molecule has 14 heavy (non-hydrogen) atoms. The van der Waals surface area contributed by atoms with Crippen LogP contribution in [0.3, 0.4) is 0 Å². The van der Waals surface area contributed by atoms with Crippen molar-refractivity contribution < 1.29 is 4.79 Å². The molecule has 1 heteroatoms. The Hall–Kier alpha value is -0.590. The van der Waals surface area contributed by atoms with Crippen LogP contribution in [0, 0.1) is 10.8 Å². The monoisotopic (exact) mass is 192 g/mol. The predicted molar refractivity (Wildman–Crippen MR) is 58.1 cm³/mol. The highest BCUT2D eigenvalue weighted by Gasteiger charge is 2.46. The van der Waals surface area contributed by atoms with Crippen LogP contribution in [0.25, 0.3) is 0 Å². The van der Waals surface area contributed by atoms with Gasteiger partial charge in [-0.3, -0.25) is 4.79 Å². The van der Waals surface area contributed by atoms with E-state index in [1.54, 1.807) is 0 Å². The zero-order valence-corrected chi connectivity index (χ0v) is 9.74. The Kier molecular flexibility index (Phi) is 1.93. The minimum atomic E-state index is 0.335. The maximum Gasteiger partial charge on any atom is 0.158 e. The van der Waals surface area contributed by atoms with Gasteiger partial charge in [0, 0.05) is 6.42 Å². The Morgan fingerprint density at radius 3 is 2.50 bits per heavy atom. The van der Waals surface area contributed by atoms with Crippen molar-refractivity contribution in [1.29, 1.82) is 0 Å². The van der Waals surface area contributed by atoms with Gasteiger partial charge in [-0.25, -0.2) is 0 Å². The Labute approximate surface area is 86.6 Å². The van der Waals surface area contributed by atoms with E-state index in [9.17, 15) is 4.79 Å². The topological polar surface area (TPSA) is 17.1 Å². The normalized spacial score (nSPS) is 36.1. The third-order valence-corrected chi connectivity index (χ3v) is 4.03. The molecular formula is C13H20O. The summed E-state index contributed by atoms with van der Waals surface area (Å²) in [6, 6.07) is 0. The van der Waals surface area contributed by atoms with E-state index in [1.165, 1.54) is 12.0 Å². The highest BCUT2D eigenvalue weighted by molar-refractivity contribution is 5.96. The third kappa shape index (κ3) is 1.34. The van der Waals surface area contributed by atoms with E-state index in [4.69, 9.17) is 0 Å². The van der Waals surface area contributed by atoms with Gasteiger partial charge >= 0.3 is 0 Å². The van der Waals surface area contributed by atoms with Gasteiger partial charge < -0.3 is 0 Å². The molecule has 78 valence electrons. The van der Waals surface area contributed by atoms with Crippen LogP contribution in [0.5, 0.6) is 0 Å². The summed E-state index contributed by atoms with van der Waals surface area (Å²) >= 11 is 0. The number of ketones is 1. The molecule has 0 heterocycles. The second-order valence-electron chi connectivity index (χ2n) is 6.11. The summed E-state index contributed by atoms with van der Waals surface area (Å²) in [4.78, 5) is 11.6. The number of allylic oxidation sites excluding steroid dienone is 2. The lowest BCUT2D eigenvalue weighted by molar-refractivity contribution is -0.116. The molecule has 0 aromatic carbocycles. The molecule has 1 fully saturated rings. The van der Waals surface area contributed by atoms with Crippen LogP contribution in [0.1, 0.15) is 53.4 Å². The molecule has 2 aliphatic rings. The van der Waals surface area contributed by atoms with Gasteiger partial charge in [-0.2, -0.15) is 0 Å². The van der Waals surface area contributed by atoms with Gasteiger partial charge in [0.2, 0.25) is 0 Å². The standard InChI is InChI=1S/C13H20O/c1-9-10-7-12(2,3)8-13(10,4)6-5-11(9)14/h5-8H2,1-4H3. The minimum Gasteiger partial charge on any atom is -0.295 e. The van der Waals surface area contributed by atoms with Crippen molar-refractivity contribution in [2.75, 3.05) is 0 Å². The van der Waals surface area contributed by atoms with Crippen LogP contribution < -0.4 is 0 Å². The Morgan fingerprint density at radius 2 is 1.86 bits per heavy atom. The smallest absolute Gasteiger partial charge is 0.158 e. The molecular weight excluding hydrogens is 172 g/mol. The quantitative estimate of drug-likeness (QED) is 0.574. The minimum absolute atomic E-state index is 0.335. The van der Waals surface area contributed by atoms with E-state index in [0.29, 0.717) is 16.6 Å². The zero-order chi connectivity index (χ0) is 10.6. The molecule has 1 nitrogen and oxygen atoms in total. The number of rotatable bonds is 0. The lowest BCUT2D eigenvalue weighted by Gasteiger charge is -2.32. The molecule has 0 amide bonds. The second-order valence-corrected chi connectivity index (χ2v) is 6.11. The SMILES string of the molecule is CC1=C2CC(C)(C)CC2(C)CCC1=O. The number of hydrogen-bond donors (Lipinski definition) is 0. The van der Waals surface area contributed by atoms with Crippen LogP contribution >= 0.6 is 0 Å². The molecule has 0 N–H and O–H groups in total. The Morgan fingerprint density at radius 1 is 1.21 bits per heavy atom. The molecule has 0 bridgehead atoms. The number of Topliss-reactive ketones (excluding diaryl/α,β-unsaturated/α-hetero) is 1. The van der Waals surface area contributed by atoms with Crippen molar-refractivity contribution in [2.24, 2.45) is 10.8 Å². The van der Waals surface area contributed by atoms with Gasteiger partial charge in [0.05, 0.1) is 0 Å². The fourth-order valence-corrected chi connectivity index (χ4v) is 3.49. The average Bonchev–Trinajstić information content (AvgIpc) is 2.30. The maximum atomic E-state index is 11.6. The van der Waals surface area contributed by atoms with Crippen molar-refractivity contribution in [3.05, 3.63) is 11.1 Å². The largest absolute Gasteiger partial charge is 0.295 e. The van der Waals surface area contributed by atoms with Crippen molar-refractivity contribution in [3.8, 4) is 0 Å². The fraction of sp³-hybridized carbons (Fsp3) is 0.769. The Balaban J connectivity index is 2.47. The van der Waals surface area contributed by atoms with Crippen LogP contribution in [0.4, 0.5) is 0 Å². The first-order valence-electron chi connectivity index (χ1n) is 5.58. The molecule has 2 aliphatic carbocycles. The summed E-state index contributed by atoms with van der Waals surface area (Å²) in [5.74, 6) is 0.384. The summed E-state index contributed by atoms with van der Waals surface area (Å²) < 4.78 is 0. The first-order chi connectivity index (χ1) is 6.34. The van der Waals surface area contributed by atoms with Gasteiger partial charge in [0.1, 0.15) is 0 Å². The van der Waals surface area contributed by atoms with E-state index in [2.05, 4.69) is 20.8 Å². The Bertz CT molecular complexity index is 322. The lowest BCUT2D eigenvalue weighted by atomic mass is 9.72. The van der Waals surface area contributed by atoms with Crippen LogP contribution in [0.2, 0.25) is 0 Å². The molecule has 0 saturated heterocycles. The summed E-state index contributed by atoms with van der Waals surface area (Å²) in [5, 5.41) is 0. The average molecular weight is 192 g/mol. The summed E-state index contributed by atoms with van der Waals surface area (Å²) in [7, 11) is 0. The highest BCUT2D eigenvalue weighted by Crippen LogP contribution is 2.57. The highest BCUT2D eigenvalue weighted by atomic mass is 16.1. The third-order valence-electron chi connectivity index (χ3n) is 4.03. The zero-order valence-electron chi connectivity index (χ0n) is 9.74. The molecule has 1 saturated carbocycles. The van der Waals surface area contributed by atoms with E-state index in [-0.39, 0.29) is 0 Å². The summed E-state index contributed by atoms with van der Waals surface area (Å²) in [6.07, 6.45) is 4.21. The van der Waals surface area contributed by atoms with E-state index in [0.717, 1.165) is 24.8 Å². The fourth-order valence-electron chi connectivity index (χ4n) is 3.49. The molecule has 0 aliphatic heterocycles. The number of hydrogen-bond acceptors (Lipinski definition) is 1. The van der Waals surface area contributed by atoms with E-state index < -0.39 is 0 Å². The maximum absolute atomic E-state index is 11.6. The van der Waals surface area contributed by atoms with E-state index >= 15 is 0 Å². The van der Waals surface area contributed by atoms with Crippen LogP contribution in [-0.2, 0) is 4.79 Å². The summed E-state index contributed by atoms with van der Waals surface area (Å²) in [5.41, 5.74) is 3.26. The van der Waals surface area contributed by atoms with Gasteiger partial charge in [-0.05, 0) is 42.6 Å². The number of carbonyl (C=O) groups is 1. The predicted octanol–water partition coefficient (Wildman–Crippen LogP) is 3.49. The van der Waals surface area contributed by atoms with Gasteiger partial charge in [-0.15, -0.1) is 0 Å². The van der Waals surface area contributed by atoms with Gasteiger partial charge in [0.25, 0.3) is 0 Å². The van der Waals surface area contributed by atoms with Crippen molar-refractivity contribution in [2.45, 2.75) is 53.4 Å². The molecule has 1 atom stereocenters. The van der Waals surface area contributed by atoms with Crippen molar-refractivity contribution >= 4 is 5.78 Å². The van der Waals surface area contributed by atoms with Crippen molar-refractivity contribution in [1.82, 2.24) is 0 Å².